The molecule has 0 aromatic heterocycles. The van der Waals surface area contributed by atoms with Gasteiger partial charge in [-0.2, -0.15) is 0 Å². The molecule has 1 heterocycles. The molecular weight excluding hydrogens is 294 g/mol. The average Bonchev–Trinajstić information content (AvgIpc) is 2.47. The van der Waals surface area contributed by atoms with Crippen molar-refractivity contribution in [2.45, 2.75) is 17.7 Å². The zero-order valence-electron chi connectivity index (χ0n) is 11.9. The molecule has 2 rings (SSSR count). The van der Waals surface area contributed by atoms with Crippen molar-refractivity contribution in [2.75, 3.05) is 26.7 Å². The molecule has 7 nitrogen and oxygen atoms in total. The Morgan fingerprint density at radius 3 is 2.38 bits per heavy atom. The third kappa shape index (κ3) is 4.23. The van der Waals surface area contributed by atoms with E-state index in [-0.39, 0.29) is 10.6 Å². The minimum absolute atomic E-state index is 0.0565. The Bertz CT molecular complexity index is 592. The summed E-state index contributed by atoms with van der Waals surface area (Å²) in [6.45, 7) is 2.36. The van der Waals surface area contributed by atoms with Crippen LogP contribution in [0.15, 0.2) is 29.2 Å². The van der Waals surface area contributed by atoms with Gasteiger partial charge in [-0.05, 0) is 51.0 Å². The highest BCUT2D eigenvalue weighted by Crippen LogP contribution is 2.18. The number of nitrogens with one attached hydrogen (secondary N) is 1. The molecule has 1 saturated heterocycles. The van der Waals surface area contributed by atoms with Crippen molar-refractivity contribution in [3.05, 3.63) is 34.4 Å². The van der Waals surface area contributed by atoms with E-state index in [0.717, 1.165) is 25.9 Å². The average molecular weight is 313 g/mol. The maximum atomic E-state index is 12.1. The first-order chi connectivity index (χ1) is 9.88. The van der Waals surface area contributed by atoms with Crippen LogP contribution in [0.2, 0.25) is 0 Å². The summed E-state index contributed by atoms with van der Waals surface area (Å²) in [7, 11) is -1.55. The molecule has 0 amide bonds. The fraction of sp³-hybridized carbons (Fsp3) is 0.538. The zero-order valence-corrected chi connectivity index (χ0v) is 12.7. The summed E-state index contributed by atoms with van der Waals surface area (Å²) in [5.41, 5.74) is -0.121. The summed E-state index contributed by atoms with van der Waals surface area (Å²) in [6, 6.07) is 4.92. The summed E-state index contributed by atoms with van der Waals surface area (Å²) in [5, 5.41) is 10.6. The Kier molecular flexibility index (Phi) is 4.92. The van der Waals surface area contributed by atoms with Gasteiger partial charge in [-0.25, -0.2) is 13.1 Å². The van der Waals surface area contributed by atoms with Gasteiger partial charge < -0.3 is 4.90 Å². The van der Waals surface area contributed by atoms with Gasteiger partial charge in [-0.1, -0.05) is 0 Å². The number of non-ortho nitro benzene ring substituents is 1. The van der Waals surface area contributed by atoms with Crippen molar-refractivity contribution in [3.8, 4) is 0 Å². The molecule has 1 aromatic carbocycles. The Hall–Kier alpha value is -1.51. The minimum atomic E-state index is -3.60. The van der Waals surface area contributed by atoms with E-state index in [2.05, 4.69) is 16.7 Å². The lowest BCUT2D eigenvalue weighted by atomic mass is 9.98. The van der Waals surface area contributed by atoms with Gasteiger partial charge in [-0.3, -0.25) is 10.1 Å². The van der Waals surface area contributed by atoms with Crippen LogP contribution in [0.1, 0.15) is 12.8 Å². The molecule has 0 atom stereocenters. The number of hydrogen-bond donors (Lipinski definition) is 1. The summed E-state index contributed by atoms with van der Waals surface area (Å²) < 4.78 is 26.9. The Balaban J connectivity index is 1.96. The van der Waals surface area contributed by atoms with Crippen molar-refractivity contribution in [3.63, 3.8) is 0 Å². The summed E-state index contributed by atoms with van der Waals surface area (Å²) in [6.07, 6.45) is 1.94. The first-order valence-electron chi connectivity index (χ1n) is 6.81. The van der Waals surface area contributed by atoms with Crippen LogP contribution in [0, 0.1) is 16.0 Å². The predicted octanol–water partition coefficient (Wildman–Crippen LogP) is 1.21. The molecule has 21 heavy (non-hydrogen) atoms. The molecule has 116 valence electrons. The first kappa shape index (κ1) is 15.9. The van der Waals surface area contributed by atoms with Crippen molar-refractivity contribution < 1.29 is 13.3 Å². The molecule has 8 heteroatoms. The number of sulfonamides is 1. The van der Waals surface area contributed by atoms with Gasteiger partial charge in [0.2, 0.25) is 10.0 Å². The van der Waals surface area contributed by atoms with E-state index < -0.39 is 14.9 Å². The maximum absolute atomic E-state index is 12.1. The van der Waals surface area contributed by atoms with Gasteiger partial charge in [0.1, 0.15) is 0 Å². The number of benzene rings is 1. The highest BCUT2D eigenvalue weighted by molar-refractivity contribution is 7.89. The zero-order chi connectivity index (χ0) is 15.5. The van der Waals surface area contributed by atoms with E-state index in [0.29, 0.717) is 12.5 Å². The molecule has 0 radical (unpaired) electrons. The Morgan fingerprint density at radius 2 is 1.86 bits per heavy atom. The lowest BCUT2D eigenvalue weighted by molar-refractivity contribution is -0.384. The second-order valence-electron chi connectivity index (χ2n) is 5.35. The summed E-state index contributed by atoms with van der Waals surface area (Å²) in [5.74, 6) is 0.342. The van der Waals surface area contributed by atoms with E-state index in [9.17, 15) is 18.5 Å². The number of likely N-dealkylation sites (tertiary alicyclic amines) is 1. The number of piperidine rings is 1. The number of rotatable bonds is 5. The third-order valence-electron chi connectivity index (χ3n) is 3.76. The molecule has 0 spiro atoms. The van der Waals surface area contributed by atoms with Crippen molar-refractivity contribution >= 4 is 15.7 Å². The van der Waals surface area contributed by atoms with Crippen LogP contribution in [0.5, 0.6) is 0 Å². The second-order valence-corrected chi connectivity index (χ2v) is 7.12. The second kappa shape index (κ2) is 6.50. The van der Waals surface area contributed by atoms with Crippen LogP contribution < -0.4 is 4.72 Å². The molecule has 1 fully saturated rings. The molecule has 0 unspecified atom stereocenters. The Labute approximate surface area is 124 Å². The van der Waals surface area contributed by atoms with Crippen LogP contribution in [-0.2, 0) is 10.0 Å². The lowest BCUT2D eigenvalue weighted by Crippen LogP contribution is -2.36. The monoisotopic (exact) mass is 313 g/mol. The fourth-order valence-corrected chi connectivity index (χ4v) is 3.44. The fourth-order valence-electron chi connectivity index (χ4n) is 2.32. The topological polar surface area (TPSA) is 92.6 Å². The smallest absolute Gasteiger partial charge is 0.269 e. The first-order valence-corrected chi connectivity index (χ1v) is 8.29. The van der Waals surface area contributed by atoms with E-state index in [1.807, 2.05) is 0 Å². The van der Waals surface area contributed by atoms with Crippen LogP contribution in [0.4, 0.5) is 5.69 Å². The quantitative estimate of drug-likeness (QED) is 0.651. The molecule has 0 bridgehead atoms. The van der Waals surface area contributed by atoms with E-state index >= 15 is 0 Å². The van der Waals surface area contributed by atoms with Crippen LogP contribution in [-0.4, -0.2) is 44.9 Å². The molecule has 1 aromatic rings. The summed E-state index contributed by atoms with van der Waals surface area (Å²) >= 11 is 0. The number of hydrogen-bond acceptors (Lipinski definition) is 5. The van der Waals surface area contributed by atoms with Crippen molar-refractivity contribution in [1.29, 1.82) is 0 Å². The molecule has 0 aliphatic carbocycles. The number of nitrogens with zero attached hydrogens (tertiary/aromatic N) is 2. The van der Waals surface area contributed by atoms with Gasteiger partial charge in [0.15, 0.2) is 0 Å². The molecule has 0 saturated carbocycles. The Morgan fingerprint density at radius 1 is 1.29 bits per heavy atom. The van der Waals surface area contributed by atoms with E-state index in [1.54, 1.807) is 0 Å². The molecular formula is C13H19N3O4S. The van der Waals surface area contributed by atoms with Gasteiger partial charge >= 0.3 is 0 Å². The lowest BCUT2D eigenvalue weighted by Gasteiger charge is -2.28. The SMILES string of the molecule is CN1CCC(CNS(=O)(=O)c2ccc([N+](=O)[O-])cc2)CC1. The highest BCUT2D eigenvalue weighted by atomic mass is 32.2. The normalized spacial score (nSPS) is 17.8. The maximum Gasteiger partial charge on any atom is 0.269 e. The number of nitro groups is 1. The van der Waals surface area contributed by atoms with Crippen molar-refractivity contribution in [2.24, 2.45) is 5.92 Å². The van der Waals surface area contributed by atoms with Gasteiger partial charge in [-0.15, -0.1) is 0 Å². The highest BCUT2D eigenvalue weighted by Gasteiger charge is 2.20. The number of nitro benzene ring substituents is 1. The van der Waals surface area contributed by atoms with Gasteiger partial charge in [0.05, 0.1) is 9.82 Å². The van der Waals surface area contributed by atoms with Gasteiger partial charge in [0, 0.05) is 18.7 Å². The van der Waals surface area contributed by atoms with Gasteiger partial charge in [0.25, 0.3) is 5.69 Å². The van der Waals surface area contributed by atoms with Crippen LogP contribution >= 0.6 is 0 Å². The van der Waals surface area contributed by atoms with E-state index in [1.165, 1.54) is 24.3 Å². The standard InChI is InChI=1S/C13H19N3O4S/c1-15-8-6-11(7-9-15)10-14-21(19,20)13-4-2-12(3-5-13)16(17)18/h2-5,11,14H,6-10H2,1H3. The largest absolute Gasteiger partial charge is 0.306 e. The third-order valence-corrected chi connectivity index (χ3v) is 5.20. The summed E-state index contributed by atoms with van der Waals surface area (Å²) in [4.78, 5) is 12.3. The van der Waals surface area contributed by atoms with Crippen molar-refractivity contribution in [1.82, 2.24) is 9.62 Å². The minimum Gasteiger partial charge on any atom is -0.306 e. The van der Waals surface area contributed by atoms with Crippen LogP contribution in [0.3, 0.4) is 0 Å². The predicted molar refractivity (Wildman–Crippen MR) is 78.5 cm³/mol. The van der Waals surface area contributed by atoms with E-state index in [4.69, 9.17) is 0 Å². The molecule has 1 N–H and O–H groups in total. The molecule has 1 aliphatic heterocycles. The molecule has 1 aliphatic rings. The van der Waals surface area contributed by atoms with Crippen LogP contribution in [0.25, 0.3) is 0 Å².